The van der Waals surface area contributed by atoms with Gasteiger partial charge in [0.2, 0.25) is 0 Å². The summed E-state index contributed by atoms with van der Waals surface area (Å²) in [4.78, 5) is 232. The highest BCUT2D eigenvalue weighted by atomic mass is 16.7. The maximum absolute atomic E-state index is 12.2. The summed E-state index contributed by atoms with van der Waals surface area (Å²) in [5, 5.41) is 0. The van der Waals surface area contributed by atoms with Crippen molar-refractivity contribution in [2.45, 2.75) is 294 Å². The molecule has 15 unspecified atom stereocenters. The van der Waals surface area contributed by atoms with Crippen LogP contribution in [0.3, 0.4) is 0 Å². The number of esters is 20. The van der Waals surface area contributed by atoms with E-state index in [0.29, 0.717) is 89.9 Å². The standard InChI is InChI=1S/C19H26O8.4C18H24O8/c1-12(2)16(22)25-10-9-24-14(20)5-6-15(21)26-18(3)8-7-13-11-19(18,4)27-17(13)23;1-11(2)16(21)24-9-8-23-14(19)4-5-15(20)26-18(3)7-6-12-10-13(18)25-17(12)22;1-11(2)16(21)24-9-8-23-14(19)4-5-15(20)25-13-10-12-6-7-18(13,3)26-17(12)22;1-11(2)16(21)24-9-8-23-14(19)6-7-15(20)25-13-5-4-12-10-18(13,3)26-17(12)22;1-4-13(19)23-9-10-24-14(20)5-6-15(21)25-17(2)8-7-12-11-18(17,3)26-16(12)22/h13H,1,5-11H2,2-4H3;3*12-13H,1,4-10H2,2-3H3;4,12H,1,5-11H2,2-3H3. The van der Waals surface area contributed by atoms with Crippen molar-refractivity contribution < 1.29 is 191 Å². The Morgan fingerprint density at radius 2 is 0.626 bits per heavy atom. The van der Waals surface area contributed by atoms with E-state index in [1.54, 1.807) is 48.5 Å². The molecular weight excluding hydrogens is 1730 g/mol. The molecule has 10 bridgehead atoms. The third-order valence-corrected chi connectivity index (χ3v) is 23.8. The SMILES string of the molecule is C=C(C)C(=O)OCCOC(=O)CCC(=O)OC1(C)CCC2CC1(C)OC2=O.C=C(C)C(=O)OCCOC(=O)CCC(=O)OC1(C)CCC2CC1OC2=O.C=C(C)C(=O)OCCOC(=O)CCC(=O)OC1CC2CCC1(C)OC2=O.C=C(C)C(=O)OCCOC(=O)CCC(=O)OC1CCC2CC1(C)OC2=O.C=CC(=O)OCCOC(=O)CCC(=O)OC1(C)CCC2CC1(C)OC2=O. The smallest absolute Gasteiger partial charge is 0.333 e. The normalized spacial score (nSPS) is 27.6. The Kier molecular flexibility index (Phi) is 40.2. The molecule has 0 aromatic carbocycles. The third kappa shape index (κ3) is 32.6. The summed E-state index contributed by atoms with van der Waals surface area (Å²) < 4.78 is 103. The van der Waals surface area contributed by atoms with Crippen LogP contribution in [0.1, 0.15) is 237 Å². The number of carbonyl (C=O) groups is 20. The van der Waals surface area contributed by atoms with E-state index in [1.807, 2.05) is 0 Å². The van der Waals surface area contributed by atoms with Crippen molar-refractivity contribution in [2.75, 3.05) is 66.1 Å². The van der Waals surface area contributed by atoms with Gasteiger partial charge < -0.3 is 94.7 Å². The molecule has 726 valence electrons. The Labute approximate surface area is 758 Å². The van der Waals surface area contributed by atoms with Crippen molar-refractivity contribution >= 4 is 119 Å². The first-order valence-corrected chi connectivity index (χ1v) is 43.4. The number of rotatable bonds is 40. The van der Waals surface area contributed by atoms with Crippen LogP contribution >= 0.6 is 0 Å². The molecule has 6 heterocycles. The summed E-state index contributed by atoms with van der Waals surface area (Å²) in [7, 11) is 0. The molecule has 6 saturated heterocycles. The number of ether oxygens (including phenoxy) is 20. The van der Waals surface area contributed by atoms with Crippen LogP contribution in [-0.4, -0.2) is 243 Å². The molecule has 6 aliphatic heterocycles. The monoisotopic (exact) mass is 1850 g/mol. The molecule has 0 radical (unpaired) electrons. The third-order valence-electron chi connectivity index (χ3n) is 23.8. The highest BCUT2D eigenvalue weighted by Gasteiger charge is 2.63. The second kappa shape index (κ2) is 48.8. The molecule has 11 fully saturated rings. The van der Waals surface area contributed by atoms with Gasteiger partial charge in [0.1, 0.15) is 124 Å². The fraction of sp³-hybridized carbons (Fsp3) is 0.670. The quantitative estimate of drug-likeness (QED) is 0.0245. The van der Waals surface area contributed by atoms with E-state index >= 15 is 0 Å². The van der Waals surface area contributed by atoms with Crippen molar-refractivity contribution in [3.8, 4) is 0 Å². The number of carbonyl (C=O) groups excluding carboxylic acids is 20. The van der Waals surface area contributed by atoms with Gasteiger partial charge in [0.05, 0.1) is 93.8 Å². The molecule has 0 amide bonds. The molecule has 0 spiro atoms. The van der Waals surface area contributed by atoms with E-state index in [0.717, 1.165) is 12.5 Å². The molecule has 0 N–H and O–H groups in total. The van der Waals surface area contributed by atoms with Crippen LogP contribution in [0.15, 0.2) is 61.3 Å². The number of hydrogen-bond acceptors (Lipinski definition) is 40. The fourth-order valence-corrected chi connectivity index (χ4v) is 15.6. The van der Waals surface area contributed by atoms with Crippen molar-refractivity contribution in [3.63, 3.8) is 0 Å². The van der Waals surface area contributed by atoms with Gasteiger partial charge in [0.25, 0.3) is 0 Å². The molecule has 131 heavy (non-hydrogen) atoms. The van der Waals surface area contributed by atoms with E-state index < -0.39 is 147 Å². The zero-order valence-electron chi connectivity index (χ0n) is 76.3. The van der Waals surface area contributed by atoms with Gasteiger partial charge in [-0.05, 0) is 140 Å². The summed E-state index contributed by atoms with van der Waals surface area (Å²) in [6.07, 6.45) is 6.91. The van der Waals surface area contributed by atoms with E-state index in [2.05, 4.69) is 37.6 Å². The van der Waals surface area contributed by atoms with Crippen molar-refractivity contribution in [1.82, 2.24) is 0 Å². The average Bonchev–Trinajstić information content (AvgIpc) is 1.63. The highest BCUT2D eigenvalue weighted by molar-refractivity contribution is 5.89. The minimum atomic E-state index is -0.909. The predicted molar refractivity (Wildman–Crippen MR) is 443 cm³/mol. The Morgan fingerprint density at radius 1 is 0.321 bits per heavy atom. The fourth-order valence-electron chi connectivity index (χ4n) is 15.6. The second-order valence-corrected chi connectivity index (χ2v) is 34.8. The lowest BCUT2D eigenvalue weighted by molar-refractivity contribution is -0.218. The maximum Gasteiger partial charge on any atom is 0.333 e. The summed E-state index contributed by atoms with van der Waals surface area (Å²) in [5.74, 6) is -10.4. The molecule has 5 aliphatic carbocycles. The molecular formula is C91H122O40. The topological polar surface area (TPSA) is 526 Å². The van der Waals surface area contributed by atoms with Crippen LogP contribution in [0.2, 0.25) is 0 Å². The molecule has 40 heteroatoms. The Morgan fingerprint density at radius 3 is 1.00 bits per heavy atom. The van der Waals surface area contributed by atoms with Crippen LogP contribution in [-0.2, 0) is 191 Å². The van der Waals surface area contributed by atoms with Crippen LogP contribution in [0.4, 0.5) is 0 Å². The minimum Gasteiger partial charge on any atom is -0.462 e. The van der Waals surface area contributed by atoms with Crippen molar-refractivity contribution in [1.29, 1.82) is 0 Å². The molecule has 0 aromatic rings. The average molecular weight is 1860 g/mol. The Hall–Kier alpha value is -11.9. The van der Waals surface area contributed by atoms with E-state index in [1.165, 1.54) is 27.7 Å². The molecule has 11 rings (SSSR count). The van der Waals surface area contributed by atoms with E-state index in [4.69, 9.17) is 90.0 Å². The zero-order chi connectivity index (χ0) is 97.6. The van der Waals surface area contributed by atoms with Gasteiger partial charge in [-0.3, -0.25) is 71.9 Å². The predicted octanol–water partition coefficient (Wildman–Crippen LogP) is 7.67. The minimum absolute atomic E-state index is 0.0743. The Bertz CT molecular complexity index is 4260. The summed E-state index contributed by atoms with van der Waals surface area (Å²) in [6, 6.07) is 0. The van der Waals surface area contributed by atoms with Crippen LogP contribution < -0.4 is 0 Å². The molecule has 11 aliphatic rings. The Balaban J connectivity index is 0.000000252. The largest absolute Gasteiger partial charge is 0.462 e. The maximum atomic E-state index is 12.2. The van der Waals surface area contributed by atoms with Crippen molar-refractivity contribution in [2.24, 2.45) is 29.6 Å². The zero-order valence-corrected chi connectivity index (χ0v) is 76.3. The molecule has 40 nitrogen and oxygen atoms in total. The summed E-state index contributed by atoms with van der Waals surface area (Å²) in [5.41, 5.74) is -4.86. The summed E-state index contributed by atoms with van der Waals surface area (Å²) >= 11 is 0. The molecule has 0 aromatic heterocycles. The number of fused-ring (bicyclic) bond motifs is 11. The van der Waals surface area contributed by atoms with Gasteiger partial charge in [-0.25, -0.2) is 24.0 Å². The lowest BCUT2D eigenvalue weighted by atomic mass is 9.71. The van der Waals surface area contributed by atoms with Gasteiger partial charge in [-0.1, -0.05) is 32.9 Å². The summed E-state index contributed by atoms with van der Waals surface area (Å²) in [6.45, 7) is 34.5. The number of hydrogen-bond donors (Lipinski definition) is 0. The highest BCUT2D eigenvalue weighted by Crippen LogP contribution is 2.53. The van der Waals surface area contributed by atoms with Gasteiger partial charge in [-0.15, -0.1) is 0 Å². The second-order valence-electron chi connectivity index (χ2n) is 34.8. The van der Waals surface area contributed by atoms with Gasteiger partial charge >= 0.3 is 119 Å². The first-order valence-electron chi connectivity index (χ1n) is 43.4. The van der Waals surface area contributed by atoms with Crippen LogP contribution in [0.5, 0.6) is 0 Å². The van der Waals surface area contributed by atoms with E-state index in [-0.39, 0.29) is 212 Å². The first kappa shape index (κ1) is 108. The molecule has 5 saturated carbocycles. The van der Waals surface area contributed by atoms with Gasteiger partial charge in [0.15, 0.2) is 0 Å². The van der Waals surface area contributed by atoms with Gasteiger partial charge in [-0.2, -0.15) is 0 Å². The van der Waals surface area contributed by atoms with Crippen LogP contribution in [0.25, 0.3) is 0 Å². The van der Waals surface area contributed by atoms with E-state index in [9.17, 15) is 95.9 Å². The van der Waals surface area contributed by atoms with Crippen LogP contribution in [0, 0.1) is 29.6 Å². The lowest BCUT2D eigenvalue weighted by Crippen LogP contribution is -2.57. The lowest BCUT2D eigenvalue weighted by Gasteiger charge is -2.47. The molecule has 15 atom stereocenters. The first-order chi connectivity index (χ1) is 61.4. The van der Waals surface area contributed by atoms with Crippen molar-refractivity contribution in [3.05, 3.63) is 61.3 Å². The van der Waals surface area contributed by atoms with Gasteiger partial charge in [0, 0.05) is 60.5 Å².